The maximum Gasteiger partial charge on any atom is 0.230 e. The zero-order chi connectivity index (χ0) is 19.9. The van der Waals surface area contributed by atoms with Crippen LogP contribution in [0.2, 0.25) is 0 Å². The van der Waals surface area contributed by atoms with Crippen LogP contribution in [0.15, 0.2) is 53.7 Å². The van der Waals surface area contributed by atoms with E-state index < -0.39 is 11.6 Å². The fraction of sp³-hybridized carbons (Fsp3) is 0.250. The van der Waals surface area contributed by atoms with Gasteiger partial charge in [0.1, 0.15) is 11.6 Å². The maximum absolute atomic E-state index is 14.5. The van der Waals surface area contributed by atoms with Crippen molar-refractivity contribution in [2.45, 2.75) is 24.9 Å². The Balaban J connectivity index is 1.92. The molecule has 2 aromatic carbocycles. The summed E-state index contributed by atoms with van der Waals surface area (Å²) in [7, 11) is 0. The van der Waals surface area contributed by atoms with Crippen LogP contribution in [0.5, 0.6) is 0 Å². The molecule has 8 heteroatoms. The van der Waals surface area contributed by atoms with Crippen LogP contribution in [0, 0.1) is 11.6 Å². The zero-order valence-electron chi connectivity index (χ0n) is 15.4. The molecule has 0 aliphatic rings. The number of aromatic nitrogens is 3. The van der Waals surface area contributed by atoms with Crippen molar-refractivity contribution in [1.82, 2.24) is 20.1 Å². The van der Waals surface area contributed by atoms with Crippen molar-refractivity contribution >= 4 is 17.7 Å². The van der Waals surface area contributed by atoms with Gasteiger partial charge < -0.3 is 5.32 Å². The molecule has 1 aromatic heterocycles. The first-order valence-electron chi connectivity index (χ1n) is 8.96. The lowest BCUT2D eigenvalue weighted by molar-refractivity contribution is -0.118. The van der Waals surface area contributed by atoms with E-state index in [1.54, 1.807) is 0 Å². The minimum Gasteiger partial charge on any atom is -0.355 e. The van der Waals surface area contributed by atoms with Crippen molar-refractivity contribution in [3.8, 4) is 17.1 Å². The van der Waals surface area contributed by atoms with E-state index in [1.807, 2.05) is 37.3 Å². The second-order valence-electron chi connectivity index (χ2n) is 6.10. The summed E-state index contributed by atoms with van der Waals surface area (Å²) in [5, 5.41) is 11.5. The molecule has 0 fully saturated rings. The van der Waals surface area contributed by atoms with Crippen LogP contribution in [0.3, 0.4) is 0 Å². The van der Waals surface area contributed by atoms with Gasteiger partial charge in [0.15, 0.2) is 11.0 Å². The average Bonchev–Trinajstić information content (AvgIpc) is 3.11. The molecule has 0 saturated carbocycles. The molecule has 3 rings (SSSR count). The quantitative estimate of drug-likeness (QED) is 0.453. The van der Waals surface area contributed by atoms with E-state index in [-0.39, 0.29) is 17.3 Å². The summed E-state index contributed by atoms with van der Waals surface area (Å²) in [6.45, 7) is 2.66. The van der Waals surface area contributed by atoms with E-state index in [1.165, 1.54) is 16.7 Å². The predicted molar refractivity (Wildman–Crippen MR) is 105 cm³/mol. The molecule has 1 heterocycles. The van der Waals surface area contributed by atoms with Gasteiger partial charge in [0.05, 0.1) is 11.4 Å². The molecular weight excluding hydrogens is 382 g/mol. The summed E-state index contributed by atoms with van der Waals surface area (Å²) in [6, 6.07) is 12.5. The van der Waals surface area contributed by atoms with Crippen molar-refractivity contribution in [1.29, 1.82) is 0 Å². The van der Waals surface area contributed by atoms with Crippen molar-refractivity contribution in [3.05, 3.63) is 60.2 Å². The number of halogens is 2. The molecule has 1 amide bonds. The molecule has 0 atom stereocenters. The van der Waals surface area contributed by atoms with Gasteiger partial charge in [-0.2, -0.15) is 0 Å². The van der Waals surface area contributed by atoms with Crippen LogP contribution in [-0.4, -0.2) is 33.0 Å². The predicted octanol–water partition coefficient (Wildman–Crippen LogP) is 4.22. The van der Waals surface area contributed by atoms with Gasteiger partial charge in [0.25, 0.3) is 0 Å². The SMILES string of the molecule is CCCCNC(=O)CSc1nnc(-c2ccccc2)n1-c1ccc(F)cc1F. The smallest absolute Gasteiger partial charge is 0.230 e. The Morgan fingerprint density at radius 3 is 2.64 bits per heavy atom. The van der Waals surface area contributed by atoms with E-state index in [2.05, 4.69) is 15.5 Å². The third-order valence-corrected chi connectivity index (χ3v) is 4.93. The van der Waals surface area contributed by atoms with Crippen LogP contribution in [0.4, 0.5) is 8.78 Å². The highest BCUT2D eigenvalue weighted by molar-refractivity contribution is 7.99. The Bertz CT molecular complexity index is 947. The zero-order valence-corrected chi connectivity index (χ0v) is 16.2. The molecule has 0 radical (unpaired) electrons. The lowest BCUT2D eigenvalue weighted by Gasteiger charge is -2.11. The highest BCUT2D eigenvalue weighted by atomic mass is 32.2. The van der Waals surface area contributed by atoms with Gasteiger partial charge in [0.2, 0.25) is 5.91 Å². The summed E-state index contributed by atoms with van der Waals surface area (Å²) in [5.41, 5.74) is 0.858. The Kier molecular flexibility index (Phi) is 6.76. The molecule has 5 nitrogen and oxygen atoms in total. The minimum atomic E-state index is -0.730. The van der Waals surface area contributed by atoms with Crippen LogP contribution >= 0.6 is 11.8 Å². The van der Waals surface area contributed by atoms with Crippen molar-refractivity contribution < 1.29 is 13.6 Å². The summed E-state index contributed by atoms with van der Waals surface area (Å²) < 4.78 is 29.4. The third-order valence-electron chi connectivity index (χ3n) is 4.00. The maximum atomic E-state index is 14.5. The number of carbonyl (C=O) groups excluding carboxylic acids is 1. The fourth-order valence-corrected chi connectivity index (χ4v) is 3.38. The van der Waals surface area contributed by atoms with Crippen LogP contribution in [0.1, 0.15) is 19.8 Å². The van der Waals surface area contributed by atoms with E-state index in [4.69, 9.17) is 0 Å². The van der Waals surface area contributed by atoms with Gasteiger partial charge in [-0.1, -0.05) is 55.4 Å². The normalized spacial score (nSPS) is 10.8. The number of benzene rings is 2. The topological polar surface area (TPSA) is 59.8 Å². The molecule has 0 spiro atoms. The first kappa shape index (κ1) is 20.0. The molecule has 0 aliphatic heterocycles. The number of amides is 1. The largest absolute Gasteiger partial charge is 0.355 e. The Morgan fingerprint density at radius 1 is 1.14 bits per heavy atom. The lowest BCUT2D eigenvalue weighted by atomic mass is 10.2. The standard InChI is InChI=1S/C20H20F2N4OS/c1-2-3-11-23-18(27)13-28-20-25-24-19(14-7-5-4-6-8-14)26(20)17-10-9-15(21)12-16(17)22/h4-10,12H,2-3,11,13H2,1H3,(H,23,27). The number of thioether (sulfide) groups is 1. The Labute approximate surface area is 166 Å². The second kappa shape index (κ2) is 9.45. The number of carbonyl (C=O) groups is 1. The molecule has 28 heavy (non-hydrogen) atoms. The molecule has 3 aromatic rings. The molecule has 0 bridgehead atoms. The second-order valence-corrected chi connectivity index (χ2v) is 7.04. The number of rotatable bonds is 8. The molecule has 0 saturated heterocycles. The minimum absolute atomic E-state index is 0.124. The van der Waals surface area contributed by atoms with Crippen LogP contribution in [-0.2, 0) is 4.79 Å². The first-order chi connectivity index (χ1) is 13.6. The molecule has 1 N–H and O–H groups in total. The number of unbranched alkanes of at least 4 members (excludes halogenated alkanes) is 1. The van der Waals surface area contributed by atoms with Crippen molar-refractivity contribution in [2.75, 3.05) is 12.3 Å². The lowest BCUT2D eigenvalue weighted by Crippen LogP contribution is -2.26. The summed E-state index contributed by atoms with van der Waals surface area (Å²) >= 11 is 1.15. The first-order valence-corrected chi connectivity index (χ1v) is 9.94. The molecule has 146 valence electrons. The Morgan fingerprint density at radius 2 is 1.93 bits per heavy atom. The molecule has 0 aliphatic carbocycles. The highest BCUT2D eigenvalue weighted by Crippen LogP contribution is 2.29. The van der Waals surface area contributed by atoms with Gasteiger partial charge in [0, 0.05) is 18.2 Å². The van der Waals surface area contributed by atoms with Gasteiger partial charge in [-0.25, -0.2) is 8.78 Å². The number of nitrogens with one attached hydrogen (secondary N) is 1. The van der Waals surface area contributed by atoms with E-state index >= 15 is 0 Å². The van der Waals surface area contributed by atoms with Crippen molar-refractivity contribution in [2.24, 2.45) is 0 Å². The summed E-state index contributed by atoms with van der Waals surface area (Å²) in [5.74, 6) is -0.987. The fourth-order valence-electron chi connectivity index (χ4n) is 2.60. The Hall–Kier alpha value is -2.74. The van der Waals surface area contributed by atoms with Crippen molar-refractivity contribution in [3.63, 3.8) is 0 Å². The van der Waals surface area contributed by atoms with Gasteiger partial charge >= 0.3 is 0 Å². The highest BCUT2D eigenvalue weighted by Gasteiger charge is 2.19. The van der Waals surface area contributed by atoms with Gasteiger partial charge in [-0.15, -0.1) is 10.2 Å². The number of hydrogen-bond donors (Lipinski definition) is 1. The summed E-state index contributed by atoms with van der Waals surface area (Å²) in [6.07, 6.45) is 1.90. The van der Waals surface area contributed by atoms with E-state index in [0.717, 1.165) is 36.2 Å². The van der Waals surface area contributed by atoms with Gasteiger partial charge in [-0.05, 0) is 18.6 Å². The average molecular weight is 402 g/mol. The third kappa shape index (κ3) is 4.75. The number of hydrogen-bond acceptors (Lipinski definition) is 4. The monoisotopic (exact) mass is 402 g/mol. The van der Waals surface area contributed by atoms with Crippen LogP contribution in [0.25, 0.3) is 17.1 Å². The molecular formula is C20H20F2N4OS. The van der Waals surface area contributed by atoms with E-state index in [9.17, 15) is 13.6 Å². The number of nitrogens with zero attached hydrogens (tertiary/aromatic N) is 3. The van der Waals surface area contributed by atoms with Crippen LogP contribution < -0.4 is 5.32 Å². The molecule has 0 unspecified atom stereocenters. The summed E-state index contributed by atoms with van der Waals surface area (Å²) in [4.78, 5) is 12.0. The van der Waals surface area contributed by atoms with Gasteiger partial charge in [-0.3, -0.25) is 9.36 Å². The van der Waals surface area contributed by atoms with E-state index in [0.29, 0.717) is 17.5 Å².